The molecular weight excluding hydrogens is 394 g/mol. The number of para-hydroxylation sites is 2. The number of amides is 3. The van der Waals surface area contributed by atoms with Crippen LogP contribution in [0.15, 0.2) is 48.5 Å². The van der Waals surface area contributed by atoms with E-state index in [1.165, 1.54) is 0 Å². The normalized spacial score (nSPS) is 18.7. The van der Waals surface area contributed by atoms with Gasteiger partial charge in [0.15, 0.2) is 11.5 Å². The predicted molar refractivity (Wildman–Crippen MR) is 110 cm³/mol. The van der Waals surface area contributed by atoms with Crippen LogP contribution in [0.25, 0.3) is 0 Å². The van der Waals surface area contributed by atoms with E-state index in [0.29, 0.717) is 54.8 Å². The molecule has 29 heavy (non-hydrogen) atoms. The van der Waals surface area contributed by atoms with Gasteiger partial charge in [-0.05, 0) is 42.8 Å². The molecule has 1 fully saturated rings. The number of carbonyl (C=O) groups excluding carboxylic acids is 2. The molecule has 0 radical (unpaired) electrons. The SMILES string of the molecule is O=C(Nc1ccc(Cl)cc1)N1CCCN(C(=O)C2COc3ccccc3O2)CC1. The highest BCUT2D eigenvalue weighted by atomic mass is 35.5. The van der Waals surface area contributed by atoms with Gasteiger partial charge in [0.2, 0.25) is 6.10 Å². The largest absolute Gasteiger partial charge is 0.485 e. The van der Waals surface area contributed by atoms with Gasteiger partial charge in [-0.2, -0.15) is 0 Å². The molecule has 3 amide bonds. The summed E-state index contributed by atoms with van der Waals surface area (Å²) < 4.78 is 11.5. The second-order valence-electron chi connectivity index (χ2n) is 6.97. The first-order valence-electron chi connectivity index (χ1n) is 9.59. The Morgan fingerprint density at radius 3 is 2.41 bits per heavy atom. The maximum absolute atomic E-state index is 12.9. The number of rotatable bonds is 2. The number of hydrogen-bond acceptors (Lipinski definition) is 4. The number of nitrogens with zero attached hydrogens (tertiary/aromatic N) is 2. The lowest BCUT2D eigenvalue weighted by Crippen LogP contribution is -2.47. The molecule has 2 aromatic carbocycles. The molecule has 0 saturated carbocycles. The number of urea groups is 1. The molecule has 0 aliphatic carbocycles. The zero-order chi connectivity index (χ0) is 20.2. The van der Waals surface area contributed by atoms with E-state index >= 15 is 0 Å². The Hall–Kier alpha value is -2.93. The average Bonchev–Trinajstić information content (AvgIpc) is 3.01. The highest BCUT2D eigenvalue weighted by Crippen LogP contribution is 2.31. The first-order chi connectivity index (χ1) is 14.1. The Labute approximate surface area is 174 Å². The number of carbonyl (C=O) groups is 2. The van der Waals surface area contributed by atoms with Crippen molar-refractivity contribution < 1.29 is 19.1 Å². The summed E-state index contributed by atoms with van der Waals surface area (Å²) in [6.07, 6.45) is 0.0311. The third kappa shape index (κ3) is 4.56. The van der Waals surface area contributed by atoms with Gasteiger partial charge >= 0.3 is 6.03 Å². The fraction of sp³-hybridized carbons (Fsp3) is 0.333. The average molecular weight is 416 g/mol. The molecule has 1 N–H and O–H groups in total. The maximum atomic E-state index is 12.9. The molecule has 2 aliphatic rings. The Balaban J connectivity index is 1.33. The first-order valence-corrected chi connectivity index (χ1v) is 9.97. The standard InChI is InChI=1S/C21H22ClN3O4/c22-15-6-8-16(9-7-15)23-21(27)25-11-3-10-24(12-13-25)20(26)19-14-28-17-4-1-2-5-18(17)29-19/h1-2,4-9,19H,3,10-14H2,(H,23,27). The Morgan fingerprint density at radius 2 is 1.62 bits per heavy atom. The molecule has 1 unspecified atom stereocenters. The zero-order valence-corrected chi connectivity index (χ0v) is 16.6. The predicted octanol–water partition coefficient (Wildman–Crippen LogP) is 3.25. The van der Waals surface area contributed by atoms with E-state index in [9.17, 15) is 9.59 Å². The van der Waals surface area contributed by atoms with E-state index in [2.05, 4.69) is 5.32 Å². The van der Waals surface area contributed by atoms with Crippen molar-refractivity contribution in [1.29, 1.82) is 0 Å². The van der Waals surface area contributed by atoms with Crippen LogP contribution in [0.3, 0.4) is 0 Å². The summed E-state index contributed by atoms with van der Waals surface area (Å²) in [5.41, 5.74) is 0.683. The lowest BCUT2D eigenvalue weighted by Gasteiger charge is -2.30. The van der Waals surface area contributed by atoms with Crippen molar-refractivity contribution in [2.75, 3.05) is 38.1 Å². The molecule has 2 heterocycles. The third-order valence-electron chi connectivity index (χ3n) is 4.97. The quantitative estimate of drug-likeness (QED) is 0.817. The number of ether oxygens (including phenoxy) is 2. The van der Waals surface area contributed by atoms with E-state index in [1.807, 2.05) is 18.2 Å². The molecular formula is C21H22ClN3O4. The van der Waals surface area contributed by atoms with Crippen molar-refractivity contribution in [2.45, 2.75) is 12.5 Å². The number of anilines is 1. The van der Waals surface area contributed by atoms with Crippen molar-refractivity contribution in [2.24, 2.45) is 0 Å². The van der Waals surface area contributed by atoms with Crippen molar-refractivity contribution in [1.82, 2.24) is 9.80 Å². The second-order valence-corrected chi connectivity index (χ2v) is 7.40. The molecule has 8 heteroatoms. The number of halogens is 1. The fourth-order valence-electron chi connectivity index (χ4n) is 3.42. The van der Waals surface area contributed by atoms with Gasteiger partial charge < -0.3 is 24.6 Å². The van der Waals surface area contributed by atoms with Crippen LogP contribution in [-0.4, -0.2) is 60.6 Å². The monoisotopic (exact) mass is 415 g/mol. The molecule has 2 aromatic rings. The number of hydrogen-bond donors (Lipinski definition) is 1. The molecule has 4 rings (SSSR count). The van der Waals surface area contributed by atoms with E-state index in [-0.39, 0.29) is 18.5 Å². The van der Waals surface area contributed by atoms with Crippen LogP contribution >= 0.6 is 11.6 Å². The molecule has 0 spiro atoms. The third-order valence-corrected chi connectivity index (χ3v) is 5.23. The van der Waals surface area contributed by atoms with Crippen LogP contribution in [0.2, 0.25) is 5.02 Å². The molecule has 1 atom stereocenters. The van der Waals surface area contributed by atoms with Gasteiger partial charge in [0.05, 0.1) is 0 Å². The maximum Gasteiger partial charge on any atom is 0.321 e. The van der Waals surface area contributed by atoms with E-state index in [1.54, 1.807) is 40.1 Å². The molecule has 152 valence electrons. The first kappa shape index (κ1) is 19.4. The fourth-order valence-corrected chi connectivity index (χ4v) is 3.55. The van der Waals surface area contributed by atoms with Crippen LogP contribution in [0, 0.1) is 0 Å². The highest BCUT2D eigenvalue weighted by Gasteiger charge is 2.32. The molecule has 7 nitrogen and oxygen atoms in total. The minimum absolute atomic E-state index is 0.112. The Kier molecular flexibility index (Phi) is 5.76. The van der Waals surface area contributed by atoms with Gasteiger partial charge in [0, 0.05) is 36.9 Å². The van der Waals surface area contributed by atoms with Crippen molar-refractivity contribution in [3.63, 3.8) is 0 Å². The summed E-state index contributed by atoms with van der Waals surface area (Å²) in [5.74, 6) is 1.12. The highest BCUT2D eigenvalue weighted by molar-refractivity contribution is 6.30. The van der Waals surface area contributed by atoms with Crippen molar-refractivity contribution in [3.8, 4) is 11.5 Å². The summed E-state index contributed by atoms with van der Waals surface area (Å²) in [6, 6.07) is 14.1. The summed E-state index contributed by atoms with van der Waals surface area (Å²) in [4.78, 5) is 28.9. The molecule has 2 aliphatic heterocycles. The smallest absolute Gasteiger partial charge is 0.321 e. The van der Waals surface area contributed by atoms with Gasteiger partial charge in [0.25, 0.3) is 5.91 Å². The minimum Gasteiger partial charge on any atom is -0.485 e. The van der Waals surface area contributed by atoms with Crippen LogP contribution in [0.4, 0.5) is 10.5 Å². The zero-order valence-electron chi connectivity index (χ0n) is 15.8. The van der Waals surface area contributed by atoms with E-state index in [0.717, 1.165) is 0 Å². The summed E-state index contributed by atoms with van der Waals surface area (Å²) in [7, 11) is 0. The molecule has 1 saturated heterocycles. The Bertz CT molecular complexity index is 890. The van der Waals surface area contributed by atoms with Crippen LogP contribution in [-0.2, 0) is 4.79 Å². The lowest BCUT2D eigenvalue weighted by atomic mass is 10.2. The number of benzene rings is 2. The van der Waals surface area contributed by atoms with Gasteiger partial charge in [0.1, 0.15) is 6.61 Å². The molecule has 0 aromatic heterocycles. The molecule has 0 bridgehead atoms. The summed E-state index contributed by atoms with van der Waals surface area (Å²) in [6.45, 7) is 2.25. The van der Waals surface area contributed by atoms with Gasteiger partial charge in [-0.25, -0.2) is 4.79 Å². The minimum atomic E-state index is -0.667. The van der Waals surface area contributed by atoms with Crippen molar-refractivity contribution >= 4 is 29.2 Å². The van der Waals surface area contributed by atoms with Gasteiger partial charge in [-0.3, -0.25) is 4.79 Å². The van der Waals surface area contributed by atoms with Crippen LogP contribution < -0.4 is 14.8 Å². The summed E-state index contributed by atoms with van der Waals surface area (Å²) >= 11 is 5.88. The van der Waals surface area contributed by atoms with Crippen LogP contribution in [0.1, 0.15) is 6.42 Å². The Morgan fingerprint density at radius 1 is 0.931 bits per heavy atom. The number of fused-ring (bicyclic) bond motifs is 1. The lowest BCUT2D eigenvalue weighted by molar-refractivity contribution is -0.141. The van der Waals surface area contributed by atoms with Crippen molar-refractivity contribution in [3.05, 3.63) is 53.6 Å². The van der Waals surface area contributed by atoms with Crippen LogP contribution in [0.5, 0.6) is 11.5 Å². The topological polar surface area (TPSA) is 71.1 Å². The van der Waals surface area contributed by atoms with Gasteiger partial charge in [-0.15, -0.1) is 0 Å². The van der Waals surface area contributed by atoms with E-state index < -0.39 is 6.10 Å². The number of nitrogens with one attached hydrogen (secondary N) is 1. The van der Waals surface area contributed by atoms with Gasteiger partial charge in [-0.1, -0.05) is 23.7 Å². The second kappa shape index (κ2) is 8.61. The van der Waals surface area contributed by atoms with E-state index in [4.69, 9.17) is 21.1 Å². The summed E-state index contributed by atoms with van der Waals surface area (Å²) in [5, 5.41) is 3.48.